The average molecular weight is 966 g/mol. The molecular formula is C50H74Cl2N2O12. The van der Waals surface area contributed by atoms with E-state index >= 15 is 0 Å². The maximum Gasteiger partial charge on any atom is 0.329 e. The molecule has 1 saturated carbocycles. The van der Waals surface area contributed by atoms with Crippen molar-refractivity contribution < 1.29 is 58.2 Å². The number of halogens is 2. The third-order valence-corrected chi connectivity index (χ3v) is 14.9. The number of allylic oxidation sites excluding steroid dienone is 3. The van der Waals surface area contributed by atoms with Gasteiger partial charge >= 0.3 is 5.97 Å². The Bertz CT molecular complexity index is 1910. The summed E-state index contributed by atoms with van der Waals surface area (Å²) in [6.07, 6.45) is 4.18. The Morgan fingerprint density at radius 3 is 2.30 bits per heavy atom. The van der Waals surface area contributed by atoms with E-state index in [9.17, 15) is 29.7 Å². The first-order valence-corrected chi connectivity index (χ1v) is 24.5. The maximum absolute atomic E-state index is 14.6. The summed E-state index contributed by atoms with van der Waals surface area (Å²) in [6, 6.07) is 3.99. The van der Waals surface area contributed by atoms with Crippen LogP contribution in [-0.2, 0) is 49.5 Å². The number of ketones is 1. The van der Waals surface area contributed by atoms with Crippen LogP contribution in [0.1, 0.15) is 118 Å². The molecule has 14 nitrogen and oxygen atoms in total. The zero-order valence-electron chi connectivity index (χ0n) is 40.3. The van der Waals surface area contributed by atoms with Gasteiger partial charge in [0.1, 0.15) is 24.9 Å². The lowest BCUT2D eigenvalue weighted by Crippen LogP contribution is -2.64. The predicted octanol–water partition coefficient (Wildman–Crippen LogP) is 7.78. The first kappa shape index (κ1) is 54.0. The number of oxime groups is 1. The average Bonchev–Trinajstić information content (AvgIpc) is 3.29. The molecule has 2 bridgehead atoms. The lowest BCUT2D eigenvalue weighted by Gasteiger charge is -2.47. The highest BCUT2D eigenvalue weighted by molar-refractivity contribution is 6.39. The van der Waals surface area contributed by atoms with Gasteiger partial charge in [-0.2, -0.15) is 0 Å². The summed E-state index contributed by atoms with van der Waals surface area (Å²) in [4.78, 5) is 50.6. The molecule has 1 aliphatic carbocycles. The van der Waals surface area contributed by atoms with E-state index in [2.05, 4.69) is 18.2 Å². The number of aliphatic hydroxyl groups is 3. The number of carbonyl (C=O) groups is 3. The molecule has 3 fully saturated rings. The first-order valence-electron chi connectivity index (χ1n) is 23.7. The van der Waals surface area contributed by atoms with E-state index in [-0.39, 0.29) is 56.3 Å². The van der Waals surface area contributed by atoms with Crippen molar-refractivity contribution in [2.75, 3.05) is 27.9 Å². The van der Waals surface area contributed by atoms with Gasteiger partial charge < -0.3 is 48.7 Å². The van der Waals surface area contributed by atoms with Crippen molar-refractivity contribution in [1.82, 2.24) is 4.90 Å². The van der Waals surface area contributed by atoms with Crippen LogP contribution < -0.4 is 0 Å². The van der Waals surface area contributed by atoms with Crippen molar-refractivity contribution in [1.29, 1.82) is 0 Å². The van der Waals surface area contributed by atoms with Crippen molar-refractivity contribution in [3.05, 3.63) is 57.1 Å². The molecular weight excluding hydrogens is 891 g/mol. The lowest BCUT2D eigenvalue weighted by molar-refractivity contribution is -0.302. The van der Waals surface area contributed by atoms with E-state index in [1.165, 1.54) is 4.90 Å². The number of hydrogen-bond donors (Lipinski definition) is 3. The molecule has 66 heavy (non-hydrogen) atoms. The molecule has 14 atom stereocenters. The number of carbonyl (C=O) groups excluding carboxylic acids is 3. The Morgan fingerprint density at radius 2 is 1.64 bits per heavy atom. The highest BCUT2D eigenvalue weighted by atomic mass is 35.5. The number of cyclic esters (lactones) is 1. The molecule has 0 unspecified atom stereocenters. The number of Topliss-reactive ketones (excluding diaryl/α,β-unsaturated/α-hetero) is 1. The van der Waals surface area contributed by atoms with Crippen LogP contribution in [0.2, 0.25) is 10.0 Å². The highest BCUT2D eigenvalue weighted by Gasteiger charge is 2.56. The monoisotopic (exact) mass is 964 g/mol. The van der Waals surface area contributed by atoms with Gasteiger partial charge in [-0.1, -0.05) is 79.8 Å². The Balaban J connectivity index is 1.59. The van der Waals surface area contributed by atoms with Crippen LogP contribution in [0.15, 0.2) is 46.7 Å². The smallest absolute Gasteiger partial charge is 0.329 e. The number of aliphatic hydroxyl groups excluding tert-OH is 2. The summed E-state index contributed by atoms with van der Waals surface area (Å²) in [6.45, 7) is 11.6. The van der Waals surface area contributed by atoms with E-state index in [1.54, 1.807) is 46.5 Å². The van der Waals surface area contributed by atoms with E-state index < -0.39 is 77.9 Å². The Labute approximate surface area is 401 Å². The van der Waals surface area contributed by atoms with Crippen LogP contribution in [0, 0.1) is 29.6 Å². The van der Waals surface area contributed by atoms with E-state index in [1.807, 2.05) is 33.8 Å². The number of esters is 1. The SMILES string of the molecule is CC[C@@H]1/C=C(\C)C[C@H](C)C[C@H](OC)[C@H]2O[C@@](O)(C(=O)C(=O)N3CCCC[C@H]3C(=O)O[C@H](/C(C)=C/[C@@H]3CC[C@@H](O)[C@H](OC)C3)[C@H](C)[C@@H](O)C/C1=N/OCc1ccc(Cl)cc1Cl)[C@H](C)C[C@@H]2OC. The Morgan fingerprint density at radius 1 is 0.939 bits per heavy atom. The molecule has 3 aliphatic heterocycles. The second-order valence-electron chi connectivity index (χ2n) is 19.3. The summed E-state index contributed by atoms with van der Waals surface area (Å²) in [7, 11) is 4.66. The number of benzene rings is 1. The number of piperidine rings is 1. The molecule has 1 aromatic rings. The van der Waals surface area contributed by atoms with Gasteiger partial charge in [0.05, 0.1) is 36.2 Å². The van der Waals surface area contributed by atoms with Crippen molar-refractivity contribution >= 4 is 46.6 Å². The van der Waals surface area contributed by atoms with Crippen molar-refractivity contribution in [3.63, 3.8) is 0 Å². The number of amides is 1. The molecule has 5 rings (SSSR count). The molecule has 0 spiro atoms. The molecule has 0 aromatic heterocycles. The minimum Gasteiger partial charge on any atom is -0.456 e. The van der Waals surface area contributed by atoms with Crippen molar-refractivity contribution in [2.24, 2.45) is 34.7 Å². The highest BCUT2D eigenvalue weighted by Crippen LogP contribution is 2.39. The summed E-state index contributed by atoms with van der Waals surface area (Å²) in [5.74, 6) is -7.23. The van der Waals surface area contributed by atoms with Gasteiger partial charge in [-0.05, 0) is 108 Å². The third-order valence-electron chi connectivity index (χ3n) is 14.3. The molecule has 1 aromatic carbocycles. The molecule has 370 valence electrons. The summed E-state index contributed by atoms with van der Waals surface area (Å²) >= 11 is 12.7. The number of hydrogen-bond acceptors (Lipinski definition) is 13. The first-order chi connectivity index (χ1) is 31.3. The molecule has 2 saturated heterocycles. The van der Waals surface area contributed by atoms with Gasteiger partial charge in [-0.25, -0.2) is 4.79 Å². The van der Waals surface area contributed by atoms with Gasteiger partial charge in [0.25, 0.3) is 11.7 Å². The molecule has 16 heteroatoms. The zero-order valence-corrected chi connectivity index (χ0v) is 41.8. The standard InChI is InChI=1S/C50H74Cl2N2O12/c1-10-34-20-28(2)19-29(3)21-43(62-8)46-44(63-9)23-31(5)50(60,66-46)47(57)48(58)54-18-12-11-13-39(54)49(59)65-45(30(4)22-33-14-17-40(55)42(24-33)61-7)32(6)41(56)26-38(34)53-64-27-35-15-16-36(51)25-37(35)52/h15-16,20,22,25,29,31-34,39-46,55-56,60H,10-14,17-19,21,23-24,26-27H2,1-9H3/b28-20+,30-22+,53-38-/t29-,31+,32+,33-,34+,39-,40+,41-,42+,43-,44-,45+,46+,50+/m0/s1. The fourth-order valence-electron chi connectivity index (χ4n) is 10.3. The van der Waals surface area contributed by atoms with Crippen molar-refractivity contribution in [2.45, 2.75) is 173 Å². The van der Waals surface area contributed by atoms with Gasteiger partial charge in [-0.3, -0.25) is 9.59 Å². The number of nitrogens with zero attached hydrogens (tertiary/aromatic N) is 2. The maximum atomic E-state index is 14.6. The second kappa shape index (κ2) is 24.6. The van der Waals surface area contributed by atoms with E-state index in [0.717, 1.165) is 5.57 Å². The molecule has 3 heterocycles. The number of ether oxygens (including phenoxy) is 5. The van der Waals surface area contributed by atoms with Crippen LogP contribution >= 0.6 is 23.2 Å². The van der Waals surface area contributed by atoms with Gasteiger partial charge in [0.2, 0.25) is 5.79 Å². The number of rotatable bonds is 9. The van der Waals surface area contributed by atoms with Crippen LogP contribution in [0.3, 0.4) is 0 Å². The molecule has 3 N–H and O–H groups in total. The largest absolute Gasteiger partial charge is 0.456 e. The van der Waals surface area contributed by atoms with Crippen molar-refractivity contribution in [3.8, 4) is 0 Å². The summed E-state index contributed by atoms with van der Waals surface area (Å²) in [5, 5.41) is 40.6. The lowest BCUT2D eigenvalue weighted by atomic mass is 9.81. The van der Waals surface area contributed by atoms with Crippen LogP contribution in [-0.4, -0.2) is 126 Å². The van der Waals surface area contributed by atoms with Crippen LogP contribution in [0.4, 0.5) is 0 Å². The van der Waals surface area contributed by atoms with Crippen LogP contribution in [0.25, 0.3) is 0 Å². The predicted molar refractivity (Wildman–Crippen MR) is 252 cm³/mol. The van der Waals surface area contributed by atoms with Crippen LogP contribution in [0.5, 0.6) is 0 Å². The molecule has 0 radical (unpaired) electrons. The molecule has 1 amide bonds. The number of methoxy groups -OCH3 is 3. The minimum absolute atomic E-state index is 0.0143. The fourth-order valence-corrected chi connectivity index (χ4v) is 10.8. The van der Waals surface area contributed by atoms with Gasteiger partial charge in [0, 0.05) is 67.7 Å². The minimum atomic E-state index is -2.52. The van der Waals surface area contributed by atoms with Gasteiger partial charge in [0.15, 0.2) is 0 Å². The fraction of sp³-hybridized carbons (Fsp3) is 0.720. The quantitative estimate of drug-likeness (QED) is 0.0948. The second-order valence-corrected chi connectivity index (χ2v) is 20.1. The Hall–Kier alpha value is -2.92. The third kappa shape index (κ3) is 13.2. The van der Waals surface area contributed by atoms with Gasteiger partial charge in [-0.15, -0.1) is 0 Å². The normalized spacial score (nSPS) is 37.6. The van der Waals surface area contributed by atoms with E-state index in [4.69, 9.17) is 51.7 Å². The topological polar surface area (TPSA) is 183 Å². The summed E-state index contributed by atoms with van der Waals surface area (Å²) in [5.41, 5.74) is 3.01. The molecule has 4 aliphatic rings. The zero-order chi connectivity index (χ0) is 48.5. The van der Waals surface area contributed by atoms with E-state index in [0.29, 0.717) is 78.3 Å². The Kier molecular flexibility index (Phi) is 20.1. The number of fused-ring (bicyclic) bond motifs is 3. The summed E-state index contributed by atoms with van der Waals surface area (Å²) < 4.78 is 30.2.